The minimum absolute atomic E-state index is 0.129. The van der Waals surface area contributed by atoms with Crippen LogP contribution in [0.4, 0.5) is 22.2 Å². The molecule has 2 aliphatic rings. The maximum atomic E-state index is 12.6. The molecule has 1 saturated carbocycles. The predicted molar refractivity (Wildman–Crippen MR) is 134 cm³/mol. The van der Waals surface area contributed by atoms with Crippen LogP contribution in [0.3, 0.4) is 0 Å². The van der Waals surface area contributed by atoms with E-state index in [4.69, 9.17) is 19.4 Å². The van der Waals surface area contributed by atoms with Crippen molar-refractivity contribution >= 4 is 23.5 Å². The normalized spacial score (nSPS) is 19.5. The summed E-state index contributed by atoms with van der Waals surface area (Å²) in [5.74, 6) is 3.00. The molecule has 0 aliphatic heterocycles. The van der Waals surface area contributed by atoms with Gasteiger partial charge in [-0.25, -0.2) is 9.78 Å². The smallest absolute Gasteiger partial charge is 0.319 e. The zero-order valence-electron chi connectivity index (χ0n) is 20.6. The summed E-state index contributed by atoms with van der Waals surface area (Å²) in [5.41, 5.74) is 3.10. The van der Waals surface area contributed by atoms with Gasteiger partial charge in [-0.15, -0.1) is 0 Å². The molecule has 34 heavy (non-hydrogen) atoms. The Balaban J connectivity index is 1.30. The Morgan fingerprint density at radius 1 is 1.00 bits per heavy atom. The predicted octanol–water partition coefficient (Wildman–Crippen LogP) is 3.98. The van der Waals surface area contributed by atoms with Gasteiger partial charge in [0.15, 0.2) is 0 Å². The van der Waals surface area contributed by atoms with Gasteiger partial charge < -0.3 is 30.3 Å². The Morgan fingerprint density at radius 3 is 2.44 bits per heavy atom. The number of methoxy groups -OCH3 is 2. The van der Waals surface area contributed by atoms with E-state index in [1.54, 1.807) is 32.4 Å². The Hall–Kier alpha value is -3.23. The monoisotopic (exact) mass is 468 g/mol. The number of nitrogens with one attached hydrogen (secondary N) is 3. The Labute approximate surface area is 201 Å². The minimum atomic E-state index is -0.228. The van der Waals surface area contributed by atoms with Crippen LogP contribution >= 0.6 is 0 Å². The molecule has 1 aromatic heterocycles. The van der Waals surface area contributed by atoms with E-state index in [1.807, 2.05) is 14.1 Å². The number of rotatable bonds is 7. The molecule has 3 N–H and O–H groups in total. The van der Waals surface area contributed by atoms with Gasteiger partial charge >= 0.3 is 6.03 Å². The lowest BCUT2D eigenvalue weighted by Crippen LogP contribution is -2.42. The number of nitrogens with zero attached hydrogens (tertiary/aromatic N) is 3. The first-order valence-corrected chi connectivity index (χ1v) is 12.1. The number of urea groups is 1. The van der Waals surface area contributed by atoms with E-state index < -0.39 is 0 Å². The molecule has 9 nitrogen and oxygen atoms in total. The molecule has 2 aliphatic carbocycles. The van der Waals surface area contributed by atoms with Crippen molar-refractivity contribution in [3.63, 3.8) is 0 Å². The number of fused-ring (bicyclic) bond motifs is 1. The number of carbonyl (C=O) groups is 1. The van der Waals surface area contributed by atoms with E-state index in [2.05, 4.69) is 20.9 Å². The highest BCUT2D eigenvalue weighted by Gasteiger charge is 2.25. The number of benzene rings is 1. The maximum absolute atomic E-state index is 12.6. The van der Waals surface area contributed by atoms with Crippen molar-refractivity contribution in [1.29, 1.82) is 0 Å². The first kappa shape index (κ1) is 23.9. The number of ether oxygens (including phenoxy) is 2. The van der Waals surface area contributed by atoms with Gasteiger partial charge in [-0.1, -0.05) is 0 Å². The average Bonchev–Trinajstić information content (AvgIpc) is 2.85. The molecule has 0 unspecified atom stereocenters. The molecule has 9 heteroatoms. The average molecular weight is 469 g/mol. The summed E-state index contributed by atoms with van der Waals surface area (Å²) in [5, 5.41) is 9.54. The minimum Gasteiger partial charge on any atom is -0.497 e. The summed E-state index contributed by atoms with van der Waals surface area (Å²) >= 11 is 0. The van der Waals surface area contributed by atoms with Gasteiger partial charge in [0.2, 0.25) is 5.95 Å². The van der Waals surface area contributed by atoms with E-state index in [0.29, 0.717) is 23.2 Å². The molecular formula is C25H36N6O3. The molecule has 0 saturated heterocycles. The fourth-order valence-electron chi connectivity index (χ4n) is 4.82. The number of aromatic nitrogens is 2. The first-order valence-electron chi connectivity index (χ1n) is 12.1. The lowest BCUT2D eigenvalue weighted by atomic mass is 9.91. The summed E-state index contributed by atoms with van der Waals surface area (Å²) < 4.78 is 10.6. The third-order valence-electron chi connectivity index (χ3n) is 6.64. The molecule has 1 aromatic carbocycles. The lowest BCUT2D eigenvalue weighted by Gasteiger charge is -2.30. The molecule has 2 aromatic rings. The van der Waals surface area contributed by atoms with Crippen LogP contribution in [0, 0.1) is 0 Å². The molecule has 1 heterocycles. The van der Waals surface area contributed by atoms with Crippen LogP contribution in [-0.4, -0.2) is 56.4 Å². The zero-order valence-corrected chi connectivity index (χ0v) is 20.6. The van der Waals surface area contributed by atoms with Crippen LogP contribution in [0.5, 0.6) is 11.5 Å². The second kappa shape index (κ2) is 10.8. The zero-order chi connectivity index (χ0) is 24.1. The van der Waals surface area contributed by atoms with Crippen LogP contribution in [0.15, 0.2) is 18.2 Å². The topological polar surface area (TPSA) is 101 Å². The quantitative estimate of drug-likeness (QED) is 0.565. The molecule has 184 valence electrons. The summed E-state index contributed by atoms with van der Waals surface area (Å²) in [6.45, 7) is 0. The van der Waals surface area contributed by atoms with Gasteiger partial charge in [-0.05, 0) is 63.5 Å². The van der Waals surface area contributed by atoms with Crippen LogP contribution in [0.1, 0.15) is 49.8 Å². The fraction of sp³-hybridized carbons (Fsp3) is 0.560. The summed E-state index contributed by atoms with van der Waals surface area (Å²) in [4.78, 5) is 24.3. The summed E-state index contributed by atoms with van der Waals surface area (Å²) in [6, 6.07) is 5.52. The highest BCUT2D eigenvalue weighted by atomic mass is 16.5. The number of aryl methyl sites for hydroxylation is 1. The molecule has 0 atom stereocenters. The molecule has 0 radical (unpaired) electrons. The number of hydrogen-bond acceptors (Lipinski definition) is 7. The second-order valence-electron chi connectivity index (χ2n) is 9.26. The van der Waals surface area contributed by atoms with Crippen molar-refractivity contribution < 1.29 is 14.3 Å². The number of carbonyl (C=O) groups excluding carboxylic acids is 1. The maximum Gasteiger partial charge on any atom is 0.319 e. The molecule has 0 spiro atoms. The van der Waals surface area contributed by atoms with Crippen molar-refractivity contribution in [3.05, 3.63) is 29.5 Å². The fourth-order valence-corrected chi connectivity index (χ4v) is 4.82. The third-order valence-corrected chi connectivity index (χ3v) is 6.64. The molecular weight excluding hydrogens is 432 g/mol. The first-order chi connectivity index (χ1) is 16.5. The van der Waals surface area contributed by atoms with E-state index in [1.165, 1.54) is 24.1 Å². The Kier molecular flexibility index (Phi) is 7.59. The van der Waals surface area contributed by atoms with Crippen molar-refractivity contribution in [3.8, 4) is 11.5 Å². The van der Waals surface area contributed by atoms with Crippen molar-refractivity contribution in [1.82, 2.24) is 15.3 Å². The summed E-state index contributed by atoms with van der Waals surface area (Å²) in [6.07, 6.45) is 8.19. The number of hydrogen-bond donors (Lipinski definition) is 3. The second-order valence-corrected chi connectivity index (χ2v) is 9.26. The standard InChI is InChI=1S/C25H36N6O3/c1-31(2)23-19-7-5-6-8-20(19)28-24(30-23)26-16-9-11-17(12-10-16)27-25(32)29-21-14-13-18(33-3)15-22(21)34-4/h13-17H,5-12H2,1-4H3,(H,26,28,30)(H2,27,29,32)/t16-,17+. The van der Waals surface area contributed by atoms with Crippen molar-refractivity contribution in [2.75, 3.05) is 43.8 Å². The van der Waals surface area contributed by atoms with Crippen LogP contribution in [-0.2, 0) is 12.8 Å². The SMILES string of the molecule is COc1ccc(NC(=O)N[C@H]2CC[C@@H](Nc3nc4c(c(N(C)C)n3)CCCC4)CC2)c(OC)c1. The van der Waals surface area contributed by atoms with E-state index in [9.17, 15) is 4.79 Å². The molecule has 1 fully saturated rings. The largest absolute Gasteiger partial charge is 0.497 e. The van der Waals surface area contributed by atoms with Gasteiger partial charge in [0, 0.05) is 37.8 Å². The molecule has 4 rings (SSSR count). The molecule has 0 bridgehead atoms. The van der Waals surface area contributed by atoms with E-state index in [-0.39, 0.29) is 12.1 Å². The van der Waals surface area contributed by atoms with Crippen LogP contribution < -0.4 is 30.3 Å². The van der Waals surface area contributed by atoms with Crippen molar-refractivity contribution in [2.45, 2.75) is 63.5 Å². The Bertz CT molecular complexity index is 1000. The van der Waals surface area contributed by atoms with E-state index in [0.717, 1.165) is 50.3 Å². The number of amides is 2. The van der Waals surface area contributed by atoms with E-state index >= 15 is 0 Å². The van der Waals surface area contributed by atoms with Crippen LogP contribution in [0.2, 0.25) is 0 Å². The van der Waals surface area contributed by atoms with Crippen molar-refractivity contribution in [2.24, 2.45) is 0 Å². The van der Waals surface area contributed by atoms with Gasteiger partial charge in [0.1, 0.15) is 17.3 Å². The van der Waals surface area contributed by atoms with Gasteiger partial charge in [0.05, 0.1) is 25.6 Å². The van der Waals surface area contributed by atoms with Gasteiger partial charge in [0.25, 0.3) is 0 Å². The van der Waals surface area contributed by atoms with Gasteiger partial charge in [-0.3, -0.25) is 0 Å². The Morgan fingerprint density at radius 2 is 1.74 bits per heavy atom. The highest BCUT2D eigenvalue weighted by molar-refractivity contribution is 5.91. The van der Waals surface area contributed by atoms with Crippen LogP contribution in [0.25, 0.3) is 0 Å². The lowest BCUT2D eigenvalue weighted by molar-refractivity contribution is 0.243. The summed E-state index contributed by atoms with van der Waals surface area (Å²) in [7, 11) is 7.26. The molecule has 2 amide bonds. The van der Waals surface area contributed by atoms with Gasteiger partial charge in [-0.2, -0.15) is 4.98 Å². The number of anilines is 3. The highest BCUT2D eigenvalue weighted by Crippen LogP contribution is 2.30. The third kappa shape index (κ3) is 5.63.